The zero-order valence-corrected chi connectivity index (χ0v) is 14.3. The molecule has 1 atom stereocenters. The van der Waals surface area contributed by atoms with Gasteiger partial charge in [-0.1, -0.05) is 12.1 Å². The first kappa shape index (κ1) is 18.1. The molecule has 7 nitrogen and oxygen atoms in total. The van der Waals surface area contributed by atoms with Crippen LogP contribution in [0.2, 0.25) is 0 Å². The molecule has 0 radical (unpaired) electrons. The summed E-state index contributed by atoms with van der Waals surface area (Å²) in [5, 5.41) is 0. The number of nitrogens with one attached hydrogen (secondary N) is 1. The van der Waals surface area contributed by atoms with Crippen LogP contribution in [0.4, 0.5) is 4.39 Å². The number of carbonyl (C=O) groups is 2. The predicted octanol–water partition coefficient (Wildman–Crippen LogP) is 2.00. The number of primary amides is 1. The fourth-order valence-corrected chi connectivity index (χ4v) is 2.63. The minimum Gasteiger partial charge on any atom is -0.444 e. The maximum Gasteiger partial charge on any atom is 0.339 e. The van der Waals surface area contributed by atoms with Gasteiger partial charge in [-0.25, -0.2) is 14.0 Å². The third-order valence-electron chi connectivity index (χ3n) is 3.98. The maximum absolute atomic E-state index is 13.0. The van der Waals surface area contributed by atoms with E-state index in [-0.39, 0.29) is 16.8 Å². The number of aryl methyl sites for hydroxylation is 1. The van der Waals surface area contributed by atoms with Crippen molar-refractivity contribution in [2.24, 2.45) is 5.73 Å². The molecule has 2 aromatic carbocycles. The normalized spacial score (nSPS) is 11.8. The molecule has 3 N–H and O–H groups in total. The standard InChI is InChI=1S/C19H16FN3O4/c1-11-10-22-19(26)23(11)15-8-4-13(5-9-15)18(25)27-16(17(21)24)12-2-6-14(20)7-3-12/h2-10,16H,1H3,(H2,21,24)(H,22,26). The molecule has 1 aromatic heterocycles. The number of nitrogens with two attached hydrogens (primary N) is 1. The van der Waals surface area contributed by atoms with Crippen LogP contribution in [0.1, 0.15) is 27.7 Å². The number of esters is 1. The van der Waals surface area contributed by atoms with Gasteiger partial charge in [0.25, 0.3) is 5.91 Å². The van der Waals surface area contributed by atoms with E-state index in [4.69, 9.17) is 10.5 Å². The molecule has 0 bridgehead atoms. The number of H-pyrrole nitrogens is 1. The summed E-state index contributed by atoms with van der Waals surface area (Å²) in [5.41, 5.74) is 6.72. The van der Waals surface area contributed by atoms with Crippen molar-refractivity contribution in [3.8, 4) is 5.69 Å². The van der Waals surface area contributed by atoms with Gasteiger partial charge in [-0.15, -0.1) is 0 Å². The fraction of sp³-hybridized carbons (Fsp3) is 0.105. The summed E-state index contributed by atoms with van der Waals surface area (Å²) in [5.74, 6) is -2.13. The lowest BCUT2D eigenvalue weighted by atomic mass is 10.1. The van der Waals surface area contributed by atoms with E-state index in [2.05, 4.69) is 4.98 Å². The molecule has 0 fully saturated rings. The number of nitrogens with zero attached hydrogens (tertiary/aromatic N) is 1. The number of benzene rings is 2. The van der Waals surface area contributed by atoms with Gasteiger partial charge in [0.2, 0.25) is 6.10 Å². The maximum atomic E-state index is 13.0. The lowest BCUT2D eigenvalue weighted by Gasteiger charge is -2.15. The molecule has 0 saturated heterocycles. The largest absolute Gasteiger partial charge is 0.444 e. The molecule has 8 heteroatoms. The third kappa shape index (κ3) is 3.79. The average Bonchev–Trinajstić information content (AvgIpc) is 2.99. The molecule has 0 aliphatic carbocycles. The van der Waals surface area contributed by atoms with Gasteiger partial charge in [-0.05, 0) is 43.3 Å². The number of imidazole rings is 1. The molecule has 1 amide bonds. The number of amides is 1. The highest BCUT2D eigenvalue weighted by Gasteiger charge is 2.23. The van der Waals surface area contributed by atoms with Gasteiger partial charge in [-0.2, -0.15) is 0 Å². The monoisotopic (exact) mass is 369 g/mol. The van der Waals surface area contributed by atoms with Crippen molar-refractivity contribution < 1.29 is 18.7 Å². The number of ether oxygens (including phenoxy) is 1. The SMILES string of the molecule is Cc1c[nH]c(=O)n1-c1ccc(C(=O)OC(C(N)=O)c2ccc(F)cc2)cc1. The van der Waals surface area contributed by atoms with Gasteiger partial charge in [0.05, 0.1) is 11.3 Å². The van der Waals surface area contributed by atoms with Crippen LogP contribution >= 0.6 is 0 Å². The van der Waals surface area contributed by atoms with Gasteiger partial charge >= 0.3 is 11.7 Å². The molecular formula is C19H16FN3O4. The number of hydrogen-bond acceptors (Lipinski definition) is 4. The lowest BCUT2D eigenvalue weighted by molar-refractivity contribution is -0.127. The number of rotatable bonds is 5. The predicted molar refractivity (Wildman–Crippen MR) is 94.9 cm³/mol. The summed E-state index contributed by atoms with van der Waals surface area (Å²) in [7, 11) is 0. The second-order valence-electron chi connectivity index (χ2n) is 5.86. The zero-order valence-electron chi connectivity index (χ0n) is 14.3. The van der Waals surface area contributed by atoms with Crippen LogP contribution in [0.25, 0.3) is 5.69 Å². The molecule has 27 heavy (non-hydrogen) atoms. The van der Waals surface area contributed by atoms with Crippen LogP contribution in [0.3, 0.4) is 0 Å². The van der Waals surface area contributed by atoms with Crippen LogP contribution < -0.4 is 11.4 Å². The Morgan fingerprint density at radius 2 is 1.74 bits per heavy atom. The summed E-state index contributed by atoms with van der Waals surface area (Å²) in [6.07, 6.45) is 0.234. The van der Waals surface area contributed by atoms with E-state index in [9.17, 15) is 18.8 Å². The first-order valence-electron chi connectivity index (χ1n) is 8.00. The average molecular weight is 369 g/mol. The minimum atomic E-state index is -1.34. The quantitative estimate of drug-likeness (QED) is 0.671. The Hall–Kier alpha value is -3.68. The summed E-state index contributed by atoms with van der Waals surface area (Å²) in [4.78, 5) is 38.4. The summed E-state index contributed by atoms with van der Waals surface area (Å²) in [6, 6.07) is 11.0. The topological polar surface area (TPSA) is 107 Å². The highest BCUT2D eigenvalue weighted by Crippen LogP contribution is 2.20. The molecule has 138 valence electrons. The third-order valence-corrected chi connectivity index (χ3v) is 3.98. The van der Waals surface area contributed by atoms with Gasteiger partial charge in [0, 0.05) is 17.5 Å². The van der Waals surface area contributed by atoms with E-state index in [1.165, 1.54) is 28.8 Å². The van der Waals surface area contributed by atoms with E-state index in [0.717, 1.165) is 12.1 Å². The van der Waals surface area contributed by atoms with Crippen molar-refractivity contribution in [2.75, 3.05) is 0 Å². The number of carbonyl (C=O) groups excluding carboxylic acids is 2. The fourth-order valence-electron chi connectivity index (χ4n) is 2.63. The van der Waals surface area contributed by atoms with E-state index in [0.29, 0.717) is 11.4 Å². The van der Waals surface area contributed by atoms with Gasteiger partial charge < -0.3 is 15.5 Å². The van der Waals surface area contributed by atoms with E-state index in [1.54, 1.807) is 25.3 Å². The number of aromatic amines is 1. The Morgan fingerprint density at radius 1 is 1.11 bits per heavy atom. The Morgan fingerprint density at radius 3 is 2.26 bits per heavy atom. The second kappa shape index (κ2) is 7.28. The Labute approximate surface area is 153 Å². The first-order valence-corrected chi connectivity index (χ1v) is 8.00. The second-order valence-corrected chi connectivity index (χ2v) is 5.86. The van der Waals surface area contributed by atoms with Crippen LogP contribution in [0.15, 0.2) is 59.5 Å². The Kier molecular flexibility index (Phi) is 4.89. The first-order chi connectivity index (χ1) is 12.9. The van der Waals surface area contributed by atoms with E-state index in [1.807, 2.05) is 0 Å². The van der Waals surface area contributed by atoms with Crippen molar-refractivity contribution in [3.63, 3.8) is 0 Å². The summed E-state index contributed by atoms with van der Waals surface area (Å²) >= 11 is 0. The van der Waals surface area contributed by atoms with E-state index >= 15 is 0 Å². The van der Waals surface area contributed by atoms with Gasteiger partial charge in [0.1, 0.15) is 5.82 Å². The summed E-state index contributed by atoms with van der Waals surface area (Å²) < 4.78 is 19.7. The molecule has 1 heterocycles. The number of halogens is 1. The zero-order chi connectivity index (χ0) is 19.6. The van der Waals surface area contributed by atoms with Crippen molar-refractivity contribution in [3.05, 3.63) is 87.9 Å². The molecule has 3 rings (SSSR count). The Bertz CT molecular complexity index is 1040. The molecular weight excluding hydrogens is 353 g/mol. The van der Waals surface area contributed by atoms with Crippen molar-refractivity contribution in [1.29, 1.82) is 0 Å². The number of hydrogen-bond donors (Lipinski definition) is 2. The van der Waals surface area contributed by atoms with Crippen LogP contribution in [0, 0.1) is 12.7 Å². The molecule has 1 unspecified atom stereocenters. The highest BCUT2D eigenvalue weighted by molar-refractivity contribution is 5.92. The molecule has 0 saturated carbocycles. The minimum absolute atomic E-state index is 0.174. The van der Waals surface area contributed by atoms with Crippen molar-refractivity contribution >= 4 is 11.9 Å². The van der Waals surface area contributed by atoms with Crippen molar-refractivity contribution in [1.82, 2.24) is 9.55 Å². The molecule has 3 aromatic rings. The highest BCUT2D eigenvalue weighted by atomic mass is 19.1. The molecule has 0 spiro atoms. The molecule has 0 aliphatic heterocycles. The van der Waals surface area contributed by atoms with Crippen LogP contribution in [-0.2, 0) is 9.53 Å². The smallest absolute Gasteiger partial charge is 0.339 e. The molecule has 0 aliphatic rings. The van der Waals surface area contributed by atoms with Crippen LogP contribution in [0.5, 0.6) is 0 Å². The van der Waals surface area contributed by atoms with Gasteiger partial charge in [0.15, 0.2) is 0 Å². The Balaban J connectivity index is 1.81. The lowest BCUT2D eigenvalue weighted by Crippen LogP contribution is -2.26. The van der Waals surface area contributed by atoms with Crippen molar-refractivity contribution in [2.45, 2.75) is 13.0 Å². The van der Waals surface area contributed by atoms with Crippen LogP contribution in [-0.4, -0.2) is 21.4 Å². The van der Waals surface area contributed by atoms with E-state index < -0.39 is 23.8 Å². The summed E-state index contributed by atoms with van der Waals surface area (Å²) in [6.45, 7) is 1.76. The van der Waals surface area contributed by atoms with Gasteiger partial charge in [-0.3, -0.25) is 9.36 Å². The number of aromatic nitrogens is 2.